The number of nitrogens with zero attached hydrogens (tertiary/aromatic N) is 3. The van der Waals surface area contributed by atoms with Gasteiger partial charge in [0.05, 0.1) is 11.9 Å². The summed E-state index contributed by atoms with van der Waals surface area (Å²) >= 11 is 1.19. The molecule has 0 saturated heterocycles. The molecule has 0 unspecified atom stereocenters. The van der Waals surface area contributed by atoms with Crippen molar-refractivity contribution in [1.29, 1.82) is 0 Å². The second kappa shape index (κ2) is 8.72. The van der Waals surface area contributed by atoms with Crippen molar-refractivity contribution in [2.75, 3.05) is 12.3 Å². The van der Waals surface area contributed by atoms with Gasteiger partial charge in [0, 0.05) is 29.2 Å². The fraction of sp³-hybridized carbons (Fsp3) is 0.130. The Morgan fingerprint density at radius 1 is 1.09 bits per heavy atom. The molecule has 160 valence electrons. The molecule has 0 radical (unpaired) electrons. The number of thioether (sulfide) groups is 1. The first-order chi connectivity index (χ1) is 15.7. The largest absolute Gasteiger partial charge is 0.361 e. The molecule has 0 atom stereocenters. The summed E-state index contributed by atoms with van der Waals surface area (Å²) in [6.45, 7) is 0.533. The number of hydrogen-bond donors (Lipinski definition) is 3. The van der Waals surface area contributed by atoms with Crippen LogP contribution in [0.4, 0.5) is 0 Å². The van der Waals surface area contributed by atoms with Crippen molar-refractivity contribution in [3.63, 3.8) is 0 Å². The summed E-state index contributed by atoms with van der Waals surface area (Å²) in [5, 5.41) is 8.61. The maximum Gasteiger partial charge on any atom is 0.350 e. The number of aromatic amines is 2. The van der Waals surface area contributed by atoms with Gasteiger partial charge in [0.25, 0.3) is 0 Å². The third-order valence-corrected chi connectivity index (χ3v) is 6.05. The van der Waals surface area contributed by atoms with Gasteiger partial charge in [-0.1, -0.05) is 60.3 Å². The van der Waals surface area contributed by atoms with E-state index in [9.17, 15) is 9.59 Å². The Morgan fingerprint density at radius 3 is 2.78 bits per heavy atom. The Kier molecular flexibility index (Phi) is 5.47. The number of nitrogens with one attached hydrogen (secondary N) is 3. The van der Waals surface area contributed by atoms with E-state index in [1.807, 2.05) is 54.7 Å². The topological polar surface area (TPSA) is 108 Å². The van der Waals surface area contributed by atoms with Gasteiger partial charge in [-0.05, 0) is 23.6 Å². The SMILES string of the molecule is O=C(CSc1nc2c(-c3ccccc3)cnn2c(=O)[nH]1)NCCc1c[nH]c2ccccc12. The van der Waals surface area contributed by atoms with Gasteiger partial charge in [0.15, 0.2) is 10.8 Å². The number of carbonyl (C=O) groups is 1. The molecular weight excluding hydrogens is 424 g/mol. The predicted molar refractivity (Wildman–Crippen MR) is 125 cm³/mol. The van der Waals surface area contributed by atoms with Crippen molar-refractivity contribution in [2.45, 2.75) is 11.6 Å². The van der Waals surface area contributed by atoms with E-state index in [-0.39, 0.29) is 17.3 Å². The first kappa shape index (κ1) is 20.1. The molecule has 0 aliphatic carbocycles. The molecule has 8 nitrogen and oxygen atoms in total. The Bertz CT molecular complexity index is 1450. The Labute approximate surface area is 187 Å². The number of rotatable bonds is 7. The zero-order chi connectivity index (χ0) is 21.9. The number of carbonyl (C=O) groups excluding carboxylic acids is 1. The molecule has 3 N–H and O–H groups in total. The van der Waals surface area contributed by atoms with E-state index in [0.29, 0.717) is 17.3 Å². The molecule has 5 rings (SSSR count). The smallest absolute Gasteiger partial charge is 0.350 e. The summed E-state index contributed by atoms with van der Waals surface area (Å²) in [7, 11) is 0. The molecule has 0 saturated carbocycles. The predicted octanol–water partition coefficient (Wildman–Crippen LogP) is 3.02. The maximum atomic E-state index is 12.4. The van der Waals surface area contributed by atoms with Crippen LogP contribution < -0.4 is 11.0 Å². The van der Waals surface area contributed by atoms with E-state index in [1.54, 1.807) is 6.20 Å². The second-order valence-electron chi connectivity index (χ2n) is 7.25. The third kappa shape index (κ3) is 4.02. The number of fused-ring (bicyclic) bond motifs is 2. The van der Waals surface area contributed by atoms with Crippen molar-refractivity contribution in [3.8, 4) is 11.1 Å². The minimum atomic E-state index is -0.389. The first-order valence-electron chi connectivity index (χ1n) is 10.2. The lowest BCUT2D eigenvalue weighted by molar-refractivity contribution is -0.118. The summed E-state index contributed by atoms with van der Waals surface area (Å²) in [5.41, 5.74) is 4.01. The minimum Gasteiger partial charge on any atom is -0.361 e. The fourth-order valence-electron chi connectivity index (χ4n) is 3.62. The highest BCUT2D eigenvalue weighted by molar-refractivity contribution is 7.99. The molecule has 0 bridgehead atoms. The van der Waals surface area contributed by atoms with E-state index in [0.717, 1.165) is 23.1 Å². The summed E-state index contributed by atoms with van der Waals surface area (Å²) in [6.07, 6.45) is 4.34. The van der Waals surface area contributed by atoms with E-state index >= 15 is 0 Å². The Hall–Kier alpha value is -3.85. The highest BCUT2D eigenvalue weighted by Crippen LogP contribution is 2.23. The molecule has 0 aliphatic rings. The summed E-state index contributed by atoms with van der Waals surface area (Å²) in [4.78, 5) is 35.2. The number of amides is 1. The molecule has 9 heteroatoms. The number of H-pyrrole nitrogens is 2. The van der Waals surface area contributed by atoms with Crippen LogP contribution in [0.1, 0.15) is 5.56 Å². The lowest BCUT2D eigenvalue weighted by Gasteiger charge is -2.05. The monoisotopic (exact) mass is 444 g/mol. The molecule has 1 amide bonds. The molecule has 0 aliphatic heterocycles. The van der Waals surface area contributed by atoms with Crippen molar-refractivity contribution in [1.82, 2.24) is 29.9 Å². The molecule has 3 heterocycles. The second-order valence-corrected chi connectivity index (χ2v) is 8.22. The van der Waals surface area contributed by atoms with E-state index in [2.05, 4.69) is 31.4 Å². The number of aromatic nitrogens is 5. The molecule has 3 aromatic heterocycles. The summed E-state index contributed by atoms with van der Waals surface area (Å²) in [6, 6.07) is 17.7. The molecular formula is C23H20N6O2S. The molecule has 2 aromatic carbocycles. The van der Waals surface area contributed by atoms with E-state index < -0.39 is 0 Å². The van der Waals surface area contributed by atoms with Crippen molar-refractivity contribution in [2.24, 2.45) is 0 Å². The van der Waals surface area contributed by atoms with Crippen molar-refractivity contribution < 1.29 is 4.79 Å². The van der Waals surface area contributed by atoms with Gasteiger partial charge in [-0.3, -0.25) is 9.78 Å². The normalized spacial score (nSPS) is 11.2. The van der Waals surface area contributed by atoms with Crippen LogP contribution in [-0.2, 0) is 11.2 Å². The molecule has 5 aromatic rings. The van der Waals surface area contributed by atoms with E-state index in [1.165, 1.54) is 27.2 Å². The zero-order valence-electron chi connectivity index (χ0n) is 17.0. The number of para-hydroxylation sites is 1. The van der Waals surface area contributed by atoms with Crippen LogP contribution in [0, 0.1) is 0 Å². The van der Waals surface area contributed by atoms with Crippen LogP contribution in [0.5, 0.6) is 0 Å². The van der Waals surface area contributed by atoms with Gasteiger partial charge in [0.2, 0.25) is 5.91 Å². The third-order valence-electron chi connectivity index (χ3n) is 5.17. The van der Waals surface area contributed by atoms with Crippen LogP contribution in [0.3, 0.4) is 0 Å². The van der Waals surface area contributed by atoms with Crippen LogP contribution in [0.15, 0.2) is 76.9 Å². The molecule has 0 spiro atoms. The van der Waals surface area contributed by atoms with Gasteiger partial charge in [-0.2, -0.15) is 9.61 Å². The Morgan fingerprint density at radius 2 is 1.91 bits per heavy atom. The highest BCUT2D eigenvalue weighted by Gasteiger charge is 2.13. The first-order valence-corrected chi connectivity index (χ1v) is 11.2. The van der Waals surface area contributed by atoms with Crippen LogP contribution in [-0.4, -0.2) is 42.8 Å². The van der Waals surface area contributed by atoms with Gasteiger partial charge in [-0.25, -0.2) is 9.78 Å². The van der Waals surface area contributed by atoms with Gasteiger partial charge < -0.3 is 10.3 Å². The van der Waals surface area contributed by atoms with Crippen molar-refractivity contribution in [3.05, 3.63) is 83.0 Å². The summed E-state index contributed by atoms with van der Waals surface area (Å²) in [5.74, 6) is 0.0380. The fourth-order valence-corrected chi connectivity index (χ4v) is 4.30. The lowest BCUT2D eigenvalue weighted by atomic mass is 10.1. The standard InChI is InChI=1S/C23H20N6O2S/c30-20(24-11-10-16-12-25-19-9-5-4-8-17(16)19)14-32-22-27-21-18(15-6-2-1-3-7-15)13-26-29(21)23(31)28-22/h1-9,12-13,25H,10-11,14H2,(H,24,30)(H,27,28,31). The average Bonchev–Trinajstić information content (AvgIpc) is 3.43. The van der Waals surface area contributed by atoms with Crippen LogP contribution >= 0.6 is 11.8 Å². The summed E-state index contributed by atoms with van der Waals surface area (Å²) < 4.78 is 1.23. The highest BCUT2D eigenvalue weighted by atomic mass is 32.2. The molecule has 32 heavy (non-hydrogen) atoms. The Balaban J connectivity index is 1.23. The van der Waals surface area contributed by atoms with Crippen LogP contribution in [0.2, 0.25) is 0 Å². The quantitative estimate of drug-likeness (QED) is 0.335. The number of hydrogen-bond acceptors (Lipinski definition) is 5. The van der Waals surface area contributed by atoms with Crippen LogP contribution in [0.25, 0.3) is 27.7 Å². The molecule has 0 fully saturated rings. The van der Waals surface area contributed by atoms with Gasteiger partial charge in [-0.15, -0.1) is 0 Å². The minimum absolute atomic E-state index is 0.117. The van der Waals surface area contributed by atoms with Gasteiger partial charge >= 0.3 is 5.69 Å². The van der Waals surface area contributed by atoms with E-state index in [4.69, 9.17) is 0 Å². The maximum absolute atomic E-state index is 12.4. The zero-order valence-corrected chi connectivity index (χ0v) is 17.9. The van der Waals surface area contributed by atoms with Crippen molar-refractivity contribution >= 4 is 34.2 Å². The average molecular weight is 445 g/mol. The number of benzene rings is 2. The lowest BCUT2D eigenvalue weighted by Crippen LogP contribution is -2.27. The van der Waals surface area contributed by atoms with Gasteiger partial charge in [0.1, 0.15) is 0 Å².